The van der Waals surface area contributed by atoms with Crippen molar-refractivity contribution < 1.29 is 99.3 Å². The lowest BCUT2D eigenvalue weighted by atomic mass is 9.91. The van der Waals surface area contributed by atoms with Crippen molar-refractivity contribution in [3.63, 3.8) is 0 Å². The second-order valence-corrected chi connectivity index (χ2v) is 9.37. The fourth-order valence-corrected chi connectivity index (χ4v) is 4.41. The number of aliphatic carboxylic acids is 3. The molecule has 0 aromatic carbocycles. The molecule has 0 spiro atoms. The summed E-state index contributed by atoms with van der Waals surface area (Å²) in [6.45, 7) is -1.19. The number of carboxylic acids is 3. The molecule has 0 unspecified atom stereocenters. The molecule has 3 rings (SSSR count). The van der Waals surface area contributed by atoms with Crippen molar-refractivity contribution in [1.82, 2.24) is 0 Å². The number of aliphatic hydroxyl groups excluding tert-OH is 8. The van der Waals surface area contributed by atoms with Crippen molar-refractivity contribution in [2.75, 3.05) is 6.61 Å². The molecule has 40 heavy (non-hydrogen) atoms. The smallest absolute Gasteiger partial charge is 0.364 e. The topological polar surface area (TPSA) is 340 Å². The predicted octanol–water partition coefficient (Wildman–Crippen LogP) is -7.54. The molecule has 15 atom stereocenters. The summed E-state index contributed by atoms with van der Waals surface area (Å²) < 4.78 is 25.4. The zero-order chi connectivity index (χ0) is 30.3. The van der Waals surface area contributed by atoms with Gasteiger partial charge in [-0.15, -0.1) is 0 Å². The molecular formula is C20H30O20. The van der Waals surface area contributed by atoms with Crippen LogP contribution in [0.3, 0.4) is 0 Å². The van der Waals surface area contributed by atoms with Crippen molar-refractivity contribution in [2.24, 2.45) is 0 Å². The maximum atomic E-state index is 11.8. The van der Waals surface area contributed by atoms with E-state index < -0.39 is 123 Å². The van der Waals surface area contributed by atoms with Gasteiger partial charge in [0.2, 0.25) is 0 Å². The summed E-state index contributed by atoms with van der Waals surface area (Å²) >= 11 is 0. The van der Waals surface area contributed by atoms with Gasteiger partial charge in [0.1, 0.15) is 54.9 Å². The SMILES string of the molecule is O=C(O)[C@H]1O[C@H](O[C@@H]2C[C@@](O)(C(=O)O)O[C@H]([C@@H](CO)O[C@H]3O[C@H](C(=O)O)[C@H](O)[C@H](O)[C@H]3O)[C@@H]2O)[C@H](O)[C@@H](O)[C@H]1O. The van der Waals surface area contributed by atoms with Crippen molar-refractivity contribution in [1.29, 1.82) is 0 Å². The Hall–Kier alpha value is -2.15. The lowest BCUT2D eigenvalue weighted by Gasteiger charge is -2.47. The lowest BCUT2D eigenvalue weighted by Crippen LogP contribution is -2.66. The maximum Gasteiger partial charge on any atom is 0.364 e. The van der Waals surface area contributed by atoms with Gasteiger partial charge in [-0.25, -0.2) is 14.4 Å². The summed E-state index contributed by atoms with van der Waals surface area (Å²) in [6, 6.07) is 0. The first-order chi connectivity index (χ1) is 18.5. The molecule has 0 aromatic rings. The highest BCUT2D eigenvalue weighted by atomic mass is 16.7. The first kappa shape index (κ1) is 32.4. The summed E-state index contributed by atoms with van der Waals surface area (Å²) in [5.74, 6) is -8.84. The minimum Gasteiger partial charge on any atom is -0.479 e. The van der Waals surface area contributed by atoms with Crippen LogP contribution in [0.1, 0.15) is 6.42 Å². The van der Waals surface area contributed by atoms with Crippen LogP contribution in [0.5, 0.6) is 0 Å². The molecule has 3 aliphatic heterocycles. The van der Waals surface area contributed by atoms with E-state index in [4.69, 9.17) is 23.7 Å². The van der Waals surface area contributed by atoms with E-state index in [-0.39, 0.29) is 0 Å². The quantitative estimate of drug-likeness (QED) is 0.119. The summed E-state index contributed by atoms with van der Waals surface area (Å²) in [5, 5.41) is 119. The number of ether oxygens (including phenoxy) is 5. The van der Waals surface area contributed by atoms with Crippen LogP contribution >= 0.6 is 0 Å². The predicted molar refractivity (Wildman–Crippen MR) is 114 cm³/mol. The van der Waals surface area contributed by atoms with Gasteiger partial charge in [0.05, 0.1) is 12.7 Å². The van der Waals surface area contributed by atoms with Crippen LogP contribution < -0.4 is 0 Å². The van der Waals surface area contributed by atoms with Crippen LogP contribution in [0.15, 0.2) is 0 Å². The number of carboxylic acid groups (broad SMARTS) is 3. The van der Waals surface area contributed by atoms with Gasteiger partial charge in [-0.05, 0) is 0 Å². The minimum absolute atomic E-state index is 1.12. The van der Waals surface area contributed by atoms with Crippen LogP contribution in [-0.2, 0) is 38.1 Å². The Kier molecular flexibility index (Phi) is 10.0. The molecule has 0 radical (unpaired) electrons. The van der Waals surface area contributed by atoms with Crippen LogP contribution in [0.2, 0.25) is 0 Å². The van der Waals surface area contributed by atoms with E-state index in [1.54, 1.807) is 0 Å². The normalized spacial score (nSPS) is 46.9. The maximum absolute atomic E-state index is 11.8. The molecule has 3 aliphatic rings. The van der Waals surface area contributed by atoms with Gasteiger partial charge >= 0.3 is 17.9 Å². The van der Waals surface area contributed by atoms with Crippen LogP contribution in [0.4, 0.5) is 0 Å². The van der Waals surface area contributed by atoms with E-state index in [9.17, 15) is 75.7 Å². The van der Waals surface area contributed by atoms with Gasteiger partial charge in [0, 0.05) is 6.42 Å². The van der Waals surface area contributed by atoms with Gasteiger partial charge in [0.25, 0.3) is 5.79 Å². The molecule has 230 valence electrons. The number of hydrogen-bond donors (Lipinski definition) is 12. The van der Waals surface area contributed by atoms with Crippen LogP contribution in [0.25, 0.3) is 0 Å². The summed E-state index contributed by atoms with van der Waals surface area (Å²) in [4.78, 5) is 34.5. The van der Waals surface area contributed by atoms with Crippen molar-refractivity contribution >= 4 is 17.9 Å². The molecular weight excluding hydrogens is 560 g/mol. The van der Waals surface area contributed by atoms with Crippen molar-refractivity contribution in [3.05, 3.63) is 0 Å². The highest BCUT2D eigenvalue weighted by molar-refractivity contribution is 5.75. The van der Waals surface area contributed by atoms with Crippen molar-refractivity contribution in [3.8, 4) is 0 Å². The van der Waals surface area contributed by atoms with Crippen LogP contribution in [0, 0.1) is 0 Å². The summed E-state index contributed by atoms with van der Waals surface area (Å²) in [6.07, 6.45) is -30.6. The molecule has 0 saturated carbocycles. The van der Waals surface area contributed by atoms with Gasteiger partial charge in [-0.2, -0.15) is 0 Å². The number of aliphatic hydroxyl groups is 9. The van der Waals surface area contributed by atoms with Gasteiger partial charge < -0.3 is 85.0 Å². The molecule has 12 N–H and O–H groups in total. The number of carbonyl (C=O) groups is 3. The molecule has 0 bridgehead atoms. The Labute approximate surface area is 222 Å². The zero-order valence-corrected chi connectivity index (χ0v) is 20.1. The standard InChI is InChI=1S/C20H30O20/c21-2-4(37-18-11(28)7(24)9(26)14(39-18)16(31)32)12-5(22)3(1-20(35,40-12)19(33)34)36-17-10(27)6(23)8(25)13(38-17)15(29)30/h3-14,17-18,21-28,35H,1-2H2,(H,29,30)(H,31,32)(H,33,34)/t3-,4-,5-,6+,7+,8-,9-,10-,11-,12-,13+,14+,17+,18+,20+/m1/s1. The molecule has 3 saturated heterocycles. The molecule has 0 aliphatic carbocycles. The fourth-order valence-electron chi connectivity index (χ4n) is 4.41. The average molecular weight is 590 g/mol. The third-order valence-corrected chi connectivity index (χ3v) is 6.65. The third-order valence-electron chi connectivity index (χ3n) is 6.65. The van der Waals surface area contributed by atoms with Gasteiger partial charge in [-0.3, -0.25) is 0 Å². The third kappa shape index (κ3) is 6.19. The van der Waals surface area contributed by atoms with E-state index in [1.807, 2.05) is 0 Å². The van der Waals surface area contributed by atoms with Crippen molar-refractivity contribution in [2.45, 2.75) is 98.0 Å². The monoisotopic (exact) mass is 590 g/mol. The first-order valence-electron chi connectivity index (χ1n) is 11.6. The zero-order valence-electron chi connectivity index (χ0n) is 20.1. The highest BCUT2D eigenvalue weighted by Gasteiger charge is 2.57. The Morgan fingerprint density at radius 1 is 0.750 bits per heavy atom. The van der Waals surface area contributed by atoms with E-state index in [2.05, 4.69) is 0 Å². The van der Waals surface area contributed by atoms with Gasteiger partial charge in [0.15, 0.2) is 24.8 Å². The molecule has 3 heterocycles. The first-order valence-corrected chi connectivity index (χ1v) is 11.6. The Morgan fingerprint density at radius 3 is 1.68 bits per heavy atom. The van der Waals surface area contributed by atoms with Crippen LogP contribution in [-0.4, -0.2) is 177 Å². The molecule has 0 aromatic heterocycles. The van der Waals surface area contributed by atoms with Gasteiger partial charge in [-0.1, -0.05) is 0 Å². The van der Waals surface area contributed by atoms with E-state index in [0.717, 1.165) is 0 Å². The Bertz CT molecular complexity index is 932. The Morgan fingerprint density at radius 2 is 1.23 bits per heavy atom. The number of rotatable bonds is 9. The van der Waals surface area contributed by atoms with E-state index in [1.165, 1.54) is 0 Å². The lowest BCUT2D eigenvalue weighted by molar-refractivity contribution is -0.365. The molecule has 20 heteroatoms. The minimum atomic E-state index is -3.21. The van der Waals surface area contributed by atoms with E-state index in [0.29, 0.717) is 0 Å². The molecule has 20 nitrogen and oxygen atoms in total. The summed E-state index contributed by atoms with van der Waals surface area (Å²) in [5.41, 5.74) is 0. The largest absolute Gasteiger partial charge is 0.479 e. The fraction of sp³-hybridized carbons (Fsp3) is 0.850. The summed E-state index contributed by atoms with van der Waals surface area (Å²) in [7, 11) is 0. The number of hydrogen-bond acceptors (Lipinski definition) is 17. The molecule has 0 amide bonds. The average Bonchev–Trinajstić information content (AvgIpc) is 2.88. The second kappa shape index (κ2) is 12.4. The molecule has 3 fully saturated rings. The Balaban J connectivity index is 1.86. The second-order valence-electron chi connectivity index (χ2n) is 9.37. The highest BCUT2D eigenvalue weighted by Crippen LogP contribution is 2.35. The van der Waals surface area contributed by atoms with E-state index >= 15 is 0 Å².